The molecule has 196 valence electrons. The number of aryl methyl sites for hydroxylation is 1. The monoisotopic (exact) mass is 544 g/mol. The van der Waals surface area contributed by atoms with E-state index < -0.39 is 5.97 Å². The smallest absolute Gasteiger partial charge is 0.304 e. The first-order valence-electron chi connectivity index (χ1n) is 12.6. The third-order valence-electron chi connectivity index (χ3n) is 6.28. The molecule has 0 aliphatic carbocycles. The van der Waals surface area contributed by atoms with Gasteiger partial charge in [0.1, 0.15) is 18.1 Å². The second-order valence-electron chi connectivity index (χ2n) is 9.05. The molecule has 1 unspecified atom stereocenters. The van der Waals surface area contributed by atoms with Gasteiger partial charge in [0.2, 0.25) is 0 Å². The Bertz CT molecular complexity index is 1440. The Morgan fingerprint density at radius 2 is 1.79 bits per heavy atom. The number of ether oxygens (including phenoxy) is 2. The van der Waals surface area contributed by atoms with E-state index in [0.717, 1.165) is 41.4 Å². The maximum Gasteiger partial charge on any atom is 0.304 e. The largest absolute Gasteiger partial charge is 0.494 e. The lowest BCUT2D eigenvalue weighted by Gasteiger charge is -2.12. The van der Waals surface area contributed by atoms with E-state index >= 15 is 0 Å². The molecule has 0 fully saturated rings. The lowest BCUT2D eigenvalue weighted by atomic mass is 9.95. The van der Waals surface area contributed by atoms with Crippen LogP contribution in [0.15, 0.2) is 66.0 Å². The Balaban J connectivity index is 1.46. The standard InChI is InChI=1S/C32H32O4S2/c1-4-6-25(18-32(33)34)24-9-7-23(8-10-24)20-36-27-12-14-31-29(19-27)30(21-38-31)28-13-11-26(17-22(28)2)35-15-5-16-37-3/h7-14,17,19,21,25H,5,15-16,18,20H2,1-3H3,(H,33,34). The number of hydrogen-bond acceptors (Lipinski definition) is 5. The fourth-order valence-corrected chi connectivity index (χ4v) is 5.69. The topological polar surface area (TPSA) is 55.8 Å². The molecular formula is C32H32O4S2. The van der Waals surface area contributed by atoms with Crippen LogP contribution < -0.4 is 9.47 Å². The number of benzene rings is 3. The van der Waals surface area contributed by atoms with Crippen molar-refractivity contribution < 1.29 is 19.4 Å². The first kappa shape index (κ1) is 27.6. The van der Waals surface area contributed by atoms with Gasteiger partial charge in [-0.2, -0.15) is 11.8 Å². The van der Waals surface area contributed by atoms with Gasteiger partial charge >= 0.3 is 5.97 Å². The number of thiophene rings is 1. The number of thioether (sulfide) groups is 1. The molecule has 4 rings (SSSR count). The molecule has 0 bridgehead atoms. The predicted octanol–water partition coefficient (Wildman–Crippen LogP) is 8.17. The molecule has 1 N–H and O–H groups in total. The molecule has 0 aliphatic rings. The molecule has 1 aromatic heterocycles. The molecule has 4 nitrogen and oxygen atoms in total. The molecule has 38 heavy (non-hydrogen) atoms. The third kappa shape index (κ3) is 7.12. The highest BCUT2D eigenvalue weighted by Crippen LogP contribution is 2.38. The molecule has 1 heterocycles. The average Bonchev–Trinajstić information content (AvgIpc) is 3.33. The summed E-state index contributed by atoms with van der Waals surface area (Å²) >= 11 is 3.57. The number of rotatable bonds is 12. The fraction of sp³-hybridized carbons (Fsp3) is 0.281. The van der Waals surface area contributed by atoms with Gasteiger partial charge in [-0.3, -0.25) is 4.79 Å². The second-order valence-corrected chi connectivity index (χ2v) is 11.0. The summed E-state index contributed by atoms with van der Waals surface area (Å²) in [5.74, 6) is 7.50. The summed E-state index contributed by atoms with van der Waals surface area (Å²) in [5, 5.41) is 12.6. The van der Waals surface area contributed by atoms with E-state index in [2.05, 4.69) is 60.7 Å². The first-order chi connectivity index (χ1) is 18.5. The second kappa shape index (κ2) is 13.4. The molecule has 1 atom stereocenters. The lowest BCUT2D eigenvalue weighted by Crippen LogP contribution is -2.05. The fourth-order valence-electron chi connectivity index (χ4n) is 4.34. The van der Waals surface area contributed by atoms with E-state index in [4.69, 9.17) is 9.47 Å². The maximum atomic E-state index is 11.2. The summed E-state index contributed by atoms with van der Waals surface area (Å²) < 4.78 is 13.3. The normalized spacial score (nSPS) is 11.6. The van der Waals surface area contributed by atoms with Crippen molar-refractivity contribution in [2.45, 2.75) is 39.2 Å². The van der Waals surface area contributed by atoms with Crippen molar-refractivity contribution in [2.24, 2.45) is 0 Å². The molecule has 0 amide bonds. The van der Waals surface area contributed by atoms with Crippen molar-refractivity contribution in [2.75, 3.05) is 18.6 Å². The van der Waals surface area contributed by atoms with E-state index in [9.17, 15) is 9.90 Å². The van der Waals surface area contributed by atoms with Crippen molar-refractivity contribution in [3.05, 3.63) is 82.7 Å². The Morgan fingerprint density at radius 1 is 1.03 bits per heavy atom. The highest BCUT2D eigenvalue weighted by Gasteiger charge is 2.14. The van der Waals surface area contributed by atoms with Crippen molar-refractivity contribution in [1.82, 2.24) is 0 Å². The van der Waals surface area contributed by atoms with Crippen LogP contribution in [0.3, 0.4) is 0 Å². The Hall–Kier alpha value is -3.40. The highest BCUT2D eigenvalue weighted by molar-refractivity contribution is 7.98. The number of carboxylic acids is 1. The van der Waals surface area contributed by atoms with Gasteiger partial charge < -0.3 is 14.6 Å². The van der Waals surface area contributed by atoms with Crippen molar-refractivity contribution in [1.29, 1.82) is 0 Å². The van der Waals surface area contributed by atoms with Crippen LogP contribution >= 0.6 is 23.1 Å². The average molecular weight is 545 g/mol. The van der Waals surface area contributed by atoms with Gasteiger partial charge in [-0.15, -0.1) is 17.3 Å². The van der Waals surface area contributed by atoms with Crippen LogP contribution in [0.5, 0.6) is 11.5 Å². The maximum absolute atomic E-state index is 11.2. The summed E-state index contributed by atoms with van der Waals surface area (Å²) in [6, 6.07) is 20.4. The van der Waals surface area contributed by atoms with E-state index in [1.807, 2.05) is 42.1 Å². The van der Waals surface area contributed by atoms with E-state index in [-0.39, 0.29) is 12.3 Å². The zero-order chi connectivity index (χ0) is 26.9. The molecular weight excluding hydrogens is 512 g/mol. The van der Waals surface area contributed by atoms with Gasteiger partial charge in [0.05, 0.1) is 18.9 Å². The Labute approximate surface area is 233 Å². The number of carboxylic acid groups (broad SMARTS) is 1. The third-order valence-corrected chi connectivity index (χ3v) is 7.94. The quantitative estimate of drug-likeness (QED) is 0.144. The number of carbonyl (C=O) groups is 1. The van der Waals surface area contributed by atoms with Crippen molar-refractivity contribution >= 4 is 39.2 Å². The van der Waals surface area contributed by atoms with Crippen LogP contribution in [-0.4, -0.2) is 29.7 Å². The summed E-state index contributed by atoms with van der Waals surface area (Å²) in [6.45, 7) is 5.02. The number of hydrogen-bond donors (Lipinski definition) is 1. The Kier molecular flexibility index (Phi) is 9.75. The molecule has 0 spiro atoms. The SMILES string of the molecule is CC#CC(CC(=O)O)c1ccc(COc2ccc3scc(-c4ccc(OCCCSC)cc4C)c3c2)cc1. The first-order valence-corrected chi connectivity index (χ1v) is 14.9. The van der Waals surface area contributed by atoms with Crippen LogP contribution in [0, 0.1) is 18.8 Å². The van der Waals surface area contributed by atoms with Gasteiger partial charge in [-0.1, -0.05) is 36.3 Å². The van der Waals surface area contributed by atoms with Crippen molar-refractivity contribution in [3.63, 3.8) is 0 Å². The van der Waals surface area contributed by atoms with Gasteiger partial charge in [0.15, 0.2) is 0 Å². The Morgan fingerprint density at radius 3 is 2.50 bits per heavy atom. The summed E-state index contributed by atoms with van der Waals surface area (Å²) in [7, 11) is 0. The van der Waals surface area contributed by atoms with Crippen LogP contribution in [0.1, 0.15) is 42.4 Å². The number of aliphatic carboxylic acids is 1. The minimum Gasteiger partial charge on any atom is -0.494 e. The predicted molar refractivity (Wildman–Crippen MR) is 160 cm³/mol. The highest BCUT2D eigenvalue weighted by atomic mass is 32.2. The van der Waals surface area contributed by atoms with Gasteiger partial charge in [-0.25, -0.2) is 0 Å². The zero-order valence-electron chi connectivity index (χ0n) is 22.0. The van der Waals surface area contributed by atoms with Crippen LogP contribution in [0.25, 0.3) is 21.2 Å². The molecule has 3 aromatic carbocycles. The summed E-state index contributed by atoms with van der Waals surface area (Å²) in [4.78, 5) is 11.2. The number of fused-ring (bicyclic) bond motifs is 1. The van der Waals surface area contributed by atoms with Gasteiger partial charge in [-0.05, 0) is 90.2 Å². The van der Waals surface area contributed by atoms with E-state index in [0.29, 0.717) is 6.61 Å². The zero-order valence-corrected chi connectivity index (χ0v) is 23.6. The summed E-state index contributed by atoms with van der Waals surface area (Å²) in [5.41, 5.74) is 5.51. The molecule has 6 heteroatoms. The molecule has 0 saturated heterocycles. The van der Waals surface area contributed by atoms with Gasteiger partial charge in [0.25, 0.3) is 0 Å². The summed E-state index contributed by atoms with van der Waals surface area (Å²) in [6.07, 6.45) is 3.15. The molecule has 0 aliphatic heterocycles. The lowest BCUT2D eigenvalue weighted by molar-refractivity contribution is -0.137. The van der Waals surface area contributed by atoms with E-state index in [1.54, 1.807) is 18.3 Å². The van der Waals surface area contributed by atoms with Crippen LogP contribution in [0.2, 0.25) is 0 Å². The van der Waals surface area contributed by atoms with E-state index in [1.165, 1.54) is 26.8 Å². The van der Waals surface area contributed by atoms with Crippen LogP contribution in [0.4, 0.5) is 0 Å². The molecule has 0 saturated carbocycles. The minimum atomic E-state index is -0.852. The van der Waals surface area contributed by atoms with Crippen molar-refractivity contribution in [3.8, 4) is 34.5 Å². The molecule has 4 aromatic rings. The molecule has 0 radical (unpaired) electrons. The minimum absolute atomic E-state index is 0.00685. The van der Waals surface area contributed by atoms with Gasteiger partial charge in [0, 0.05) is 15.6 Å². The van der Waals surface area contributed by atoms with Crippen LogP contribution in [-0.2, 0) is 11.4 Å².